The van der Waals surface area contributed by atoms with Crippen LogP contribution >= 0.6 is 7.82 Å². The molecule has 0 amide bonds. The van der Waals surface area contributed by atoms with E-state index in [9.17, 15) is 24.2 Å². The second-order valence-electron chi connectivity index (χ2n) is 13.3. The maximum absolute atomic E-state index is 12.6. The van der Waals surface area contributed by atoms with Crippen LogP contribution < -0.4 is 5.73 Å². The normalized spacial score (nSPS) is 14.9. The Kier molecular flexibility index (Phi) is 37.9. The van der Waals surface area contributed by atoms with Gasteiger partial charge in [-0.05, 0) is 83.5 Å². The van der Waals surface area contributed by atoms with Crippen molar-refractivity contribution >= 4 is 19.8 Å². The van der Waals surface area contributed by atoms with E-state index in [0.717, 1.165) is 57.8 Å². The second-order valence-corrected chi connectivity index (χ2v) is 14.8. The van der Waals surface area contributed by atoms with E-state index in [1.54, 1.807) is 6.08 Å². The highest BCUT2D eigenvalue weighted by molar-refractivity contribution is 7.47. The van der Waals surface area contributed by atoms with Gasteiger partial charge in [-0.15, -0.1) is 0 Å². The molecule has 0 aliphatic carbocycles. The lowest BCUT2D eigenvalue weighted by molar-refractivity contribution is -0.161. The summed E-state index contributed by atoms with van der Waals surface area (Å²) in [6, 6.07) is 0. The first-order chi connectivity index (χ1) is 27.2. The molecule has 0 spiro atoms. The molecule has 318 valence electrons. The zero-order valence-electron chi connectivity index (χ0n) is 34.4. The molecule has 11 heteroatoms. The number of aliphatic hydroxyl groups is 1. The van der Waals surface area contributed by atoms with E-state index < -0.39 is 38.6 Å². The highest BCUT2D eigenvalue weighted by atomic mass is 31.2. The monoisotopic (exact) mass is 804 g/mol. The Labute approximate surface area is 339 Å². The Morgan fingerprint density at radius 1 is 0.643 bits per heavy atom. The van der Waals surface area contributed by atoms with Gasteiger partial charge in [0.05, 0.1) is 19.3 Å². The first-order valence-corrected chi connectivity index (χ1v) is 22.3. The summed E-state index contributed by atoms with van der Waals surface area (Å²) in [4.78, 5) is 34.8. The quantitative estimate of drug-likeness (QED) is 0.0182. The molecular formula is C45H74NO9P. The largest absolute Gasteiger partial charge is 0.472 e. The molecule has 0 aromatic carbocycles. The van der Waals surface area contributed by atoms with Crippen LogP contribution in [0, 0.1) is 0 Å². The van der Waals surface area contributed by atoms with Crippen LogP contribution in [0.15, 0.2) is 97.2 Å². The van der Waals surface area contributed by atoms with E-state index >= 15 is 0 Å². The van der Waals surface area contributed by atoms with Crippen LogP contribution in [0.4, 0.5) is 0 Å². The SMILES string of the molecule is CC/C=C\C/C=C\C/C=C\C/C=C\CCCCCCC(=O)OC[C@H](COP(=O)(O)OCCN)OC(=O)CCC/C=C/C/C=C\C[C@@H](O)/C=C\C=C/CCCCC. The van der Waals surface area contributed by atoms with Crippen molar-refractivity contribution in [3.8, 4) is 0 Å². The van der Waals surface area contributed by atoms with Gasteiger partial charge in [0.2, 0.25) is 0 Å². The van der Waals surface area contributed by atoms with Crippen molar-refractivity contribution in [2.45, 2.75) is 148 Å². The summed E-state index contributed by atoms with van der Waals surface area (Å²) < 4.78 is 32.6. The number of phosphoric ester groups is 1. The van der Waals surface area contributed by atoms with Crippen molar-refractivity contribution in [1.82, 2.24) is 0 Å². The number of aliphatic hydroxyl groups excluding tert-OH is 1. The van der Waals surface area contributed by atoms with E-state index in [1.807, 2.05) is 36.5 Å². The number of esters is 2. The van der Waals surface area contributed by atoms with Crippen molar-refractivity contribution < 1.29 is 42.7 Å². The molecule has 0 aliphatic heterocycles. The number of allylic oxidation sites excluding steroid dienone is 14. The van der Waals surface area contributed by atoms with Crippen LogP contribution in [0.1, 0.15) is 136 Å². The lowest BCUT2D eigenvalue weighted by Crippen LogP contribution is -2.29. The van der Waals surface area contributed by atoms with Crippen molar-refractivity contribution in [1.29, 1.82) is 0 Å². The van der Waals surface area contributed by atoms with Gasteiger partial charge in [0.15, 0.2) is 6.10 Å². The number of unbranched alkanes of at least 4 members (excludes halogenated alkanes) is 8. The third kappa shape index (κ3) is 39.1. The molecule has 0 saturated heterocycles. The van der Waals surface area contributed by atoms with Gasteiger partial charge >= 0.3 is 19.8 Å². The fourth-order valence-electron chi connectivity index (χ4n) is 4.93. The Morgan fingerprint density at radius 3 is 1.88 bits per heavy atom. The summed E-state index contributed by atoms with van der Waals surface area (Å²) in [6.45, 7) is 3.37. The third-order valence-corrected chi connectivity index (χ3v) is 9.02. The fourth-order valence-corrected chi connectivity index (χ4v) is 5.70. The van der Waals surface area contributed by atoms with E-state index in [4.69, 9.17) is 24.3 Å². The zero-order valence-corrected chi connectivity index (χ0v) is 35.3. The minimum Gasteiger partial charge on any atom is -0.462 e. The average molecular weight is 804 g/mol. The Morgan fingerprint density at radius 2 is 1.21 bits per heavy atom. The maximum Gasteiger partial charge on any atom is 0.472 e. The summed E-state index contributed by atoms with van der Waals surface area (Å²) in [5.41, 5.74) is 5.33. The molecule has 0 rings (SSSR count). The van der Waals surface area contributed by atoms with Crippen LogP contribution in [0.25, 0.3) is 0 Å². The molecular weight excluding hydrogens is 729 g/mol. The van der Waals surface area contributed by atoms with Gasteiger partial charge in [0.1, 0.15) is 6.61 Å². The number of carbonyl (C=O) groups excluding carboxylic acids is 2. The van der Waals surface area contributed by atoms with E-state index in [2.05, 4.69) is 68.5 Å². The van der Waals surface area contributed by atoms with Crippen molar-refractivity contribution in [2.75, 3.05) is 26.4 Å². The molecule has 0 aliphatic rings. The highest BCUT2D eigenvalue weighted by Gasteiger charge is 2.25. The first kappa shape index (κ1) is 52.9. The van der Waals surface area contributed by atoms with E-state index in [0.29, 0.717) is 32.1 Å². The number of rotatable bonds is 37. The number of nitrogens with two attached hydrogens (primary N) is 1. The highest BCUT2D eigenvalue weighted by Crippen LogP contribution is 2.43. The van der Waals surface area contributed by atoms with Crippen LogP contribution in [-0.4, -0.2) is 60.5 Å². The summed E-state index contributed by atoms with van der Waals surface area (Å²) in [6.07, 6.45) is 47.5. The summed E-state index contributed by atoms with van der Waals surface area (Å²) in [7, 11) is -4.42. The minimum absolute atomic E-state index is 0.0250. The van der Waals surface area contributed by atoms with E-state index in [1.165, 1.54) is 19.3 Å². The van der Waals surface area contributed by atoms with Gasteiger partial charge in [0.25, 0.3) is 0 Å². The van der Waals surface area contributed by atoms with Gasteiger partial charge in [0, 0.05) is 19.4 Å². The smallest absolute Gasteiger partial charge is 0.462 e. The maximum atomic E-state index is 12.6. The van der Waals surface area contributed by atoms with Gasteiger partial charge in [-0.2, -0.15) is 0 Å². The van der Waals surface area contributed by atoms with Crippen LogP contribution in [-0.2, 0) is 32.7 Å². The molecule has 4 N–H and O–H groups in total. The fraction of sp³-hybridized carbons (Fsp3) is 0.600. The zero-order chi connectivity index (χ0) is 41.2. The lowest BCUT2D eigenvalue weighted by atomic mass is 10.1. The molecule has 0 aromatic heterocycles. The molecule has 1 unspecified atom stereocenters. The van der Waals surface area contributed by atoms with Crippen LogP contribution in [0.2, 0.25) is 0 Å². The standard InChI is InChI=1S/C45H74NO9P/c1-3-5-7-9-11-12-13-14-15-16-17-18-19-20-24-28-32-36-44(48)52-40-43(41-54-56(50,51)53-39-38-46)55-45(49)37-33-29-25-21-23-27-31-35-42(47)34-30-26-22-10-8-6-4-2/h5,7,11-12,14-15,17-18,21-22,25-27,30-31,34,42-43,47H,3-4,6,8-10,13,16,19-20,23-24,28-29,32-33,35-41,46H2,1-2H3,(H,50,51)/b7-5-,12-11-,15-14-,18-17-,25-21+,26-22-,31-27-,34-30-/t42-,43+/m0/s1. The Hall–Kier alpha value is -3.11. The predicted octanol–water partition coefficient (Wildman–Crippen LogP) is 10.8. The number of carbonyl (C=O) groups is 2. The van der Waals surface area contributed by atoms with Crippen LogP contribution in [0.5, 0.6) is 0 Å². The molecule has 0 fully saturated rings. The topological polar surface area (TPSA) is 155 Å². The van der Waals surface area contributed by atoms with Crippen molar-refractivity contribution in [3.05, 3.63) is 97.2 Å². The van der Waals surface area contributed by atoms with Crippen molar-refractivity contribution in [3.63, 3.8) is 0 Å². The summed E-state index contributed by atoms with van der Waals surface area (Å²) >= 11 is 0. The van der Waals surface area contributed by atoms with Crippen LogP contribution in [0.3, 0.4) is 0 Å². The lowest BCUT2D eigenvalue weighted by Gasteiger charge is -2.19. The summed E-state index contributed by atoms with van der Waals surface area (Å²) in [5, 5.41) is 10.1. The van der Waals surface area contributed by atoms with Gasteiger partial charge < -0.3 is 25.2 Å². The average Bonchev–Trinajstić information content (AvgIpc) is 3.18. The number of hydrogen-bond donors (Lipinski definition) is 3. The van der Waals surface area contributed by atoms with E-state index in [-0.39, 0.29) is 32.6 Å². The van der Waals surface area contributed by atoms with Gasteiger partial charge in [-0.3, -0.25) is 18.6 Å². The second kappa shape index (κ2) is 40.1. The molecule has 0 heterocycles. The molecule has 56 heavy (non-hydrogen) atoms. The van der Waals surface area contributed by atoms with Crippen molar-refractivity contribution in [2.24, 2.45) is 5.73 Å². The predicted molar refractivity (Wildman–Crippen MR) is 230 cm³/mol. The molecule has 0 radical (unpaired) electrons. The number of ether oxygens (including phenoxy) is 2. The number of phosphoric acid groups is 1. The minimum atomic E-state index is -4.42. The molecule has 0 bridgehead atoms. The summed E-state index contributed by atoms with van der Waals surface area (Å²) in [5.74, 6) is -0.975. The molecule has 10 nitrogen and oxygen atoms in total. The molecule has 3 atom stereocenters. The Bertz CT molecular complexity index is 1250. The van der Waals surface area contributed by atoms with Gasteiger partial charge in [-0.1, -0.05) is 137 Å². The number of hydrogen-bond acceptors (Lipinski definition) is 9. The molecule has 0 aromatic rings. The van der Waals surface area contributed by atoms with Gasteiger partial charge in [-0.25, -0.2) is 4.57 Å². The first-order valence-electron chi connectivity index (χ1n) is 20.8. The Balaban J connectivity index is 4.41. The molecule has 0 saturated carbocycles. The third-order valence-electron chi connectivity index (χ3n) is 8.03.